The molecule has 1 aliphatic heterocycles. The number of nitrogen functional groups attached to an aromatic ring is 1. The maximum absolute atomic E-state index is 13.0. The van der Waals surface area contributed by atoms with Crippen molar-refractivity contribution in [3.05, 3.63) is 53.3 Å². The Morgan fingerprint density at radius 2 is 1.89 bits per heavy atom. The van der Waals surface area contributed by atoms with Gasteiger partial charge in [0.15, 0.2) is 0 Å². The monoisotopic (exact) mass is 519 g/mol. The van der Waals surface area contributed by atoms with Crippen molar-refractivity contribution in [1.29, 1.82) is 0 Å². The molecule has 4 rings (SSSR count). The lowest BCUT2D eigenvalue weighted by Gasteiger charge is -2.41. The van der Waals surface area contributed by atoms with Crippen LogP contribution in [-0.2, 0) is 11.0 Å². The van der Waals surface area contributed by atoms with E-state index in [-0.39, 0.29) is 5.69 Å². The highest BCUT2D eigenvalue weighted by Gasteiger charge is 2.39. The minimum Gasteiger partial charge on any atom is -0.399 e. The summed E-state index contributed by atoms with van der Waals surface area (Å²) in [4.78, 5) is 34.6. The zero-order valence-electron chi connectivity index (χ0n) is 19.2. The molecule has 1 saturated heterocycles. The molecular formula is C23H24F3N7O2S. The predicted molar refractivity (Wildman–Crippen MR) is 132 cm³/mol. The Hall–Kier alpha value is -3.71. The Morgan fingerprint density at radius 1 is 1.17 bits per heavy atom. The summed E-state index contributed by atoms with van der Waals surface area (Å²) < 4.78 is 38.3. The van der Waals surface area contributed by atoms with E-state index >= 15 is 0 Å². The highest BCUT2D eigenvalue weighted by molar-refractivity contribution is 7.13. The molecule has 1 aromatic carbocycles. The number of nitrogens with two attached hydrogens (primary N) is 2. The third-order valence-electron chi connectivity index (χ3n) is 6.21. The number of primary amides is 1. The number of likely N-dealkylation sites (N-methyl/N-ethyl adjacent to an activating group) is 1. The average Bonchev–Trinajstić information content (AvgIpc) is 3.34. The van der Waals surface area contributed by atoms with Crippen LogP contribution in [-0.4, -0.2) is 47.5 Å². The van der Waals surface area contributed by atoms with E-state index in [0.29, 0.717) is 47.9 Å². The van der Waals surface area contributed by atoms with Gasteiger partial charge in [-0.1, -0.05) is 0 Å². The van der Waals surface area contributed by atoms with Crippen LogP contribution >= 0.6 is 11.3 Å². The third kappa shape index (κ3) is 5.11. The second-order valence-corrected chi connectivity index (χ2v) is 9.24. The number of alkyl halides is 3. The van der Waals surface area contributed by atoms with Gasteiger partial charge in [0, 0.05) is 35.9 Å². The summed E-state index contributed by atoms with van der Waals surface area (Å²) in [5.41, 5.74) is 11.9. The molecule has 0 atom stereocenters. The molecule has 0 radical (unpaired) electrons. The number of rotatable bonds is 6. The number of hydrogen-bond donors (Lipinski definition) is 4. The number of hydrogen-bond acceptors (Lipinski definition) is 8. The summed E-state index contributed by atoms with van der Waals surface area (Å²) in [6.07, 6.45) is -2.47. The second kappa shape index (κ2) is 9.74. The summed E-state index contributed by atoms with van der Waals surface area (Å²) in [6, 6.07) is 7.28. The zero-order valence-corrected chi connectivity index (χ0v) is 20.0. The Kier molecular flexibility index (Phi) is 6.87. The standard InChI is InChI=1S/C23H24F3N7O2S/c1-29-22(21(28)35)6-8-33(9-7-22)17-4-3-14(27)10-15(17)31-19(34)16-12-36-20(32-16)13-2-5-18(30-11-13)23(24,25)26/h2-5,10-12,29H,6-9,27H2,1H3,(H2,28,35)(H,31,34). The number of thiazole rings is 1. The lowest BCUT2D eigenvalue weighted by molar-refractivity contribution is -0.141. The summed E-state index contributed by atoms with van der Waals surface area (Å²) in [5, 5.41) is 7.74. The molecule has 0 saturated carbocycles. The van der Waals surface area contributed by atoms with Crippen molar-refractivity contribution in [2.24, 2.45) is 5.73 Å². The van der Waals surface area contributed by atoms with Gasteiger partial charge in [-0.3, -0.25) is 14.6 Å². The lowest BCUT2D eigenvalue weighted by atomic mass is 9.86. The smallest absolute Gasteiger partial charge is 0.399 e. The van der Waals surface area contributed by atoms with Gasteiger partial charge in [0.05, 0.1) is 11.4 Å². The molecule has 9 nitrogen and oxygen atoms in total. The van der Waals surface area contributed by atoms with Crippen molar-refractivity contribution in [2.45, 2.75) is 24.6 Å². The highest BCUT2D eigenvalue weighted by atomic mass is 32.1. The molecule has 2 amide bonds. The van der Waals surface area contributed by atoms with Gasteiger partial charge in [-0.15, -0.1) is 11.3 Å². The SMILES string of the molecule is CNC1(C(N)=O)CCN(c2ccc(N)cc2NC(=O)c2csc(-c3ccc(C(F)(F)F)nc3)n2)CC1. The first-order valence-corrected chi connectivity index (χ1v) is 11.8. The molecule has 0 spiro atoms. The van der Waals surface area contributed by atoms with Crippen molar-refractivity contribution in [2.75, 3.05) is 36.1 Å². The maximum Gasteiger partial charge on any atom is 0.433 e. The fourth-order valence-corrected chi connectivity index (χ4v) is 4.85. The van der Waals surface area contributed by atoms with E-state index in [1.807, 2.05) is 4.90 Å². The van der Waals surface area contributed by atoms with Crippen molar-refractivity contribution < 1.29 is 22.8 Å². The minimum atomic E-state index is -4.54. The highest BCUT2D eigenvalue weighted by Crippen LogP contribution is 2.34. The largest absolute Gasteiger partial charge is 0.433 e. The van der Waals surface area contributed by atoms with E-state index in [0.717, 1.165) is 29.3 Å². The van der Waals surface area contributed by atoms with Gasteiger partial charge in [0.25, 0.3) is 5.91 Å². The zero-order chi connectivity index (χ0) is 26.1. The van der Waals surface area contributed by atoms with Crippen molar-refractivity contribution in [3.63, 3.8) is 0 Å². The number of carbonyl (C=O) groups is 2. The van der Waals surface area contributed by atoms with Crippen molar-refractivity contribution in [3.8, 4) is 10.6 Å². The lowest BCUT2D eigenvalue weighted by Crippen LogP contribution is -2.59. The minimum absolute atomic E-state index is 0.102. The average molecular weight is 520 g/mol. The van der Waals surface area contributed by atoms with Crippen LogP contribution < -0.4 is 27.0 Å². The van der Waals surface area contributed by atoms with E-state index in [1.54, 1.807) is 25.2 Å². The fourth-order valence-electron chi connectivity index (χ4n) is 4.06. The van der Waals surface area contributed by atoms with E-state index in [1.165, 1.54) is 11.4 Å². The normalized spacial score (nSPS) is 15.5. The van der Waals surface area contributed by atoms with Gasteiger partial charge >= 0.3 is 6.18 Å². The quantitative estimate of drug-likeness (QED) is 0.367. The number of benzene rings is 1. The number of nitrogens with zero attached hydrogens (tertiary/aromatic N) is 3. The van der Waals surface area contributed by atoms with E-state index in [2.05, 4.69) is 20.6 Å². The molecule has 1 aliphatic rings. The van der Waals surface area contributed by atoms with Crippen molar-refractivity contribution in [1.82, 2.24) is 15.3 Å². The first-order chi connectivity index (χ1) is 17.0. The molecule has 190 valence electrons. The Balaban J connectivity index is 1.51. The molecule has 36 heavy (non-hydrogen) atoms. The number of amides is 2. The molecule has 3 aromatic rings. The number of nitrogens with one attached hydrogen (secondary N) is 2. The second-order valence-electron chi connectivity index (χ2n) is 8.38. The van der Waals surface area contributed by atoms with Gasteiger partial charge in [-0.2, -0.15) is 13.2 Å². The molecule has 13 heteroatoms. The van der Waals surface area contributed by atoms with Crippen LogP contribution in [0.4, 0.5) is 30.2 Å². The van der Waals surface area contributed by atoms with Crippen LogP contribution in [0, 0.1) is 0 Å². The van der Waals surface area contributed by atoms with Crippen LogP contribution in [0.5, 0.6) is 0 Å². The molecule has 0 aliphatic carbocycles. The molecule has 3 heterocycles. The summed E-state index contributed by atoms with van der Waals surface area (Å²) in [7, 11) is 1.71. The van der Waals surface area contributed by atoms with Gasteiger partial charge < -0.3 is 27.0 Å². The third-order valence-corrected chi connectivity index (χ3v) is 7.11. The van der Waals surface area contributed by atoms with Crippen molar-refractivity contribution >= 4 is 40.2 Å². The number of carbonyl (C=O) groups excluding carboxylic acids is 2. The predicted octanol–water partition coefficient (Wildman–Crippen LogP) is 3.10. The Bertz CT molecular complexity index is 1270. The number of aromatic nitrogens is 2. The fraction of sp³-hybridized carbons (Fsp3) is 0.304. The number of anilines is 3. The summed E-state index contributed by atoms with van der Waals surface area (Å²) >= 11 is 1.12. The van der Waals surface area contributed by atoms with Crippen LogP contribution in [0.3, 0.4) is 0 Å². The molecule has 0 bridgehead atoms. The van der Waals surface area contributed by atoms with Gasteiger partial charge in [0.1, 0.15) is 21.9 Å². The topological polar surface area (TPSA) is 139 Å². The first kappa shape index (κ1) is 25.4. The van der Waals surface area contributed by atoms with Gasteiger partial charge in [-0.25, -0.2) is 4.98 Å². The van der Waals surface area contributed by atoms with Gasteiger partial charge in [-0.05, 0) is 50.2 Å². The number of pyridine rings is 1. The van der Waals surface area contributed by atoms with Crippen LogP contribution in [0.25, 0.3) is 10.6 Å². The summed E-state index contributed by atoms with van der Waals surface area (Å²) in [6.45, 7) is 1.05. The van der Waals surface area contributed by atoms with Gasteiger partial charge in [0.2, 0.25) is 5.91 Å². The molecule has 0 unspecified atom stereocenters. The van der Waals surface area contributed by atoms with E-state index in [4.69, 9.17) is 11.5 Å². The van der Waals surface area contributed by atoms with Crippen LogP contribution in [0.2, 0.25) is 0 Å². The molecule has 1 fully saturated rings. The molecule has 2 aromatic heterocycles. The van der Waals surface area contributed by atoms with E-state index in [9.17, 15) is 22.8 Å². The summed E-state index contributed by atoms with van der Waals surface area (Å²) in [5.74, 6) is -0.902. The van der Waals surface area contributed by atoms with Crippen LogP contribution in [0.15, 0.2) is 41.9 Å². The Morgan fingerprint density at radius 3 is 2.47 bits per heavy atom. The molecule has 6 N–H and O–H groups in total. The first-order valence-electron chi connectivity index (χ1n) is 11.0. The van der Waals surface area contributed by atoms with E-state index < -0.39 is 29.2 Å². The maximum atomic E-state index is 13.0. The van der Waals surface area contributed by atoms with Crippen LogP contribution in [0.1, 0.15) is 29.0 Å². The number of piperidine rings is 1. The molecular weight excluding hydrogens is 495 g/mol. The Labute approximate surface area is 208 Å². The number of halogens is 3.